The highest BCUT2D eigenvalue weighted by atomic mass is 79.9. The molecule has 0 aliphatic rings. The fraction of sp³-hybridized carbons (Fsp3) is 0.400. The minimum atomic E-state index is -3.98. The lowest BCUT2D eigenvalue weighted by atomic mass is 10.1. The van der Waals surface area contributed by atoms with Crippen LogP contribution in [0.2, 0.25) is 0 Å². The predicted molar refractivity (Wildman–Crippen MR) is 74.3 cm³/mol. The summed E-state index contributed by atoms with van der Waals surface area (Å²) in [6.07, 6.45) is 0. The lowest BCUT2D eigenvalue weighted by Crippen LogP contribution is -2.45. The van der Waals surface area contributed by atoms with Crippen LogP contribution >= 0.6 is 15.9 Å². The van der Waals surface area contributed by atoms with Crippen LogP contribution in [0.25, 0.3) is 0 Å². The molecule has 1 aromatic carbocycles. The molecule has 0 aliphatic carbocycles. The first-order chi connectivity index (χ1) is 8.53. The Morgan fingerprint density at radius 2 is 2.05 bits per heavy atom. The third-order valence-electron chi connectivity index (χ3n) is 2.13. The number of nitrogens with one attached hydrogen (secondary N) is 1. The summed E-state index contributed by atoms with van der Waals surface area (Å²) >= 11 is 3.06. The molecule has 0 aromatic heterocycles. The van der Waals surface area contributed by atoms with Crippen molar-refractivity contribution in [3.8, 4) is 0 Å². The average molecular weight is 352 g/mol. The van der Waals surface area contributed by atoms with E-state index in [9.17, 15) is 18.5 Å². The number of halogens is 1. The molecule has 1 rings (SSSR count). The van der Waals surface area contributed by atoms with Gasteiger partial charge in [0.25, 0.3) is 5.69 Å². The van der Waals surface area contributed by atoms with Crippen molar-refractivity contribution in [3.05, 3.63) is 32.8 Å². The number of nitro benzene ring substituents is 1. The van der Waals surface area contributed by atoms with E-state index in [1.807, 2.05) is 0 Å². The van der Waals surface area contributed by atoms with Gasteiger partial charge >= 0.3 is 0 Å². The molecule has 0 amide bonds. The summed E-state index contributed by atoms with van der Waals surface area (Å²) in [5, 5.41) is 10.9. The number of rotatable bonds is 5. The van der Waals surface area contributed by atoms with E-state index in [0.29, 0.717) is 4.47 Å². The monoisotopic (exact) mass is 351 g/mol. The van der Waals surface area contributed by atoms with Crippen LogP contribution in [0, 0.1) is 10.1 Å². The Morgan fingerprint density at radius 1 is 1.47 bits per heavy atom. The zero-order chi connectivity index (χ0) is 14.8. The first kappa shape index (κ1) is 16.0. The summed E-state index contributed by atoms with van der Waals surface area (Å²) in [4.78, 5) is 9.76. The van der Waals surface area contributed by atoms with Crippen LogP contribution in [-0.4, -0.2) is 25.4 Å². The normalized spacial score (nSPS) is 12.4. The molecule has 0 aliphatic heterocycles. The maximum Gasteiger partial charge on any atom is 0.290 e. The third kappa shape index (κ3) is 4.53. The topological polar surface area (TPSA) is 115 Å². The molecule has 0 atom stereocenters. The molecule has 19 heavy (non-hydrogen) atoms. The fourth-order valence-corrected chi connectivity index (χ4v) is 2.94. The zero-order valence-electron chi connectivity index (χ0n) is 10.4. The molecule has 106 valence electrons. The lowest BCUT2D eigenvalue weighted by Gasteiger charge is -2.18. The Balaban J connectivity index is 3.18. The second-order valence-electron chi connectivity index (χ2n) is 4.68. The number of nitrogens with two attached hydrogens (primary N) is 1. The van der Waals surface area contributed by atoms with Gasteiger partial charge in [-0.2, -0.15) is 0 Å². The molecule has 0 heterocycles. The van der Waals surface area contributed by atoms with E-state index in [0.717, 1.165) is 6.07 Å². The standard InChI is InChI=1S/C10H14BrN3O4S/c1-10(2,12)6-13-19(17,18)9-4-3-7(11)5-8(9)14(15)16/h3-5,13H,6,12H2,1-2H3. The quantitative estimate of drug-likeness (QED) is 0.613. The van der Waals surface area contributed by atoms with Gasteiger partial charge in [-0.3, -0.25) is 10.1 Å². The third-order valence-corrected chi connectivity index (χ3v) is 4.07. The van der Waals surface area contributed by atoms with Crippen molar-refractivity contribution in [1.29, 1.82) is 0 Å². The lowest BCUT2D eigenvalue weighted by molar-refractivity contribution is -0.387. The van der Waals surface area contributed by atoms with Gasteiger partial charge in [-0.15, -0.1) is 0 Å². The maximum absolute atomic E-state index is 12.0. The van der Waals surface area contributed by atoms with Crippen LogP contribution in [0.5, 0.6) is 0 Å². The molecule has 0 saturated heterocycles. The average Bonchev–Trinajstić information content (AvgIpc) is 2.25. The summed E-state index contributed by atoms with van der Waals surface area (Å²) in [6.45, 7) is 3.26. The Hall–Kier alpha value is -1.03. The first-order valence-electron chi connectivity index (χ1n) is 5.25. The van der Waals surface area contributed by atoms with Crippen LogP contribution in [-0.2, 0) is 10.0 Å². The van der Waals surface area contributed by atoms with Crippen LogP contribution in [0.4, 0.5) is 5.69 Å². The van der Waals surface area contributed by atoms with E-state index in [-0.39, 0.29) is 11.4 Å². The number of hydrogen-bond acceptors (Lipinski definition) is 5. The second-order valence-corrected chi connectivity index (χ2v) is 7.33. The van der Waals surface area contributed by atoms with Gasteiger partial charge in [-0.1, -0.05) is 15.9 Å². The van der Waals surface area contributed by atoms with Gasteiger partial charge in [0.1, 0.15) is 0 Å². The van der Waals surface area contributed by atoms with Crippen LogP contribution in [0.15, 0.2) is 27.6 Å². The summed E-state index contributed by atoms with van der Waals surface area (Å²) in [5.74, 6) is 0. The smallest absolute Gasteiger partial charge is 0.290 e. The molecule has 3 N–H and O–H groups in total. The number of benzene rings is 1. The van der Waals surface area contributed by atoms with Gasteiger partial charge in [-0.25, -0.2) is 13.1 Å². The van der Waals surface area contributed by atoms with Crippen molar-refractivity contribution in [1.82, 2.24) is 4.72 Å². The van der Waals surface area contributed by atoms with Crippen molar-refractivity contribution in [2.75, 3.05) is 6.54 Å². The number of sulfonamides is 1. The van der Waals surface area contributed by atoms with Gasteiger partial charge in [0.2, 0.25) is 10.0 Å². The van der Waals surface area contributed by atoms with Gasteiger partial charge in [0.15, 0.2) is 4.90 Å². The highest BCUT2D eigenvalue weighted by Gasteiger charge is 2.27. The Kier molecular flexibility index (Phi) is 4.67. The minimum absolute atomic E-state index is 0.0252. The number of nitrogens with zero attached hydrogens (tertiary/aromatic N) is 1. The SMILES string of the molecule is CC(C)(N)CNS(=O)(=O)c1ccc(Br)cc1[N+](=O)[O-]. The maximum atomic E-state index is 12.0. The fourth-order valence-electron chi connectivity index (χ4n) is 1.22. The Morgan fingerprint density at radius 3 is 2.53 bits per heavy atom. The van der Waals surface area contributed by atoms with E-state index in [4.69, 9.17) is 5.73 Å². The van der Waals surface area contributed by atoms with Crippen LogP contribution < -0.4 is 10.5 Å². The van der Waals surface area contributed by atoms with E-state index in [1.54, 1.807) is 13.8 Å². The van der Waals surface area contributed by atoms with Crippen molar-refractivity contribution in [2.24, 2.45) is 5.73 Å². The molecular formula is C10H14BrN3O4S. The van der Waals surface area contributed by atoms with Crippen molar-refractivity contribution in [3.63, 3.8) is 0 Å². The summed E-state index contributed by atoms with van der Waals surface area (Å²) < 4.78 is 26.7. The molecule has 0 saturated carbocycles. The van der Waals surface area contributed by atoms with E-state index < -0.39 is 26.2 Å². The van der Waals surface area contributed by atoms with Gasteiger partial charge in [0, 0.05) is 22.6 Å². The molecule has 0 bridgehead atoms. The van der Waals surface area contributed by atoms with Crippen molar-refractivity contribution in [2.45, 2.75) is 24.3 Å². The minimum Gasteiger partial charge on any atom is -0.324 e. The molecule has 0 fully saturated rings. The van der Waals surface area contributed by atoms with Gasteiger partial charge in [-0.05, 0) is 26.0 Å². The summed E-state index contributed by atoms with van der Waals surface area (Å²) in [7, 11) is -3.98. The van der Waals surface area contributed by atoms with E-state index >= 15 is 0 Å². The molecule has 7 nitrogen and oxygen atoms in total. The van der Waals surface area contributed by atoms with Gasteiger partial charge in [0.05, 0.1) is 4.92 Å². The van der Waals surface area contributed by atoms with Crippen molar-refractivity contribution < 1.29 is 13.3 Å². The molecule has 0 radical (unpaired) electrons. The molecular weight excluding hydrogens is 338 g/mol. The highest BCUT2D eigenvalue weighted by molar-refractivity contribution is 9.10. The predicted octanol–water partition coefficient (Wildman–Crippen LogP) is 1.37. The van der Waals surface area contributed by atoms with E-state index in [2.05, 4.69) is 20.7 Å². The van der Waals surface area contributed by atoms with Crippen LogP contribution in [0.3, 0.4) is 0 Å². The number of nitro groups is 1. The van der Waals surface area contributed by atoms with Crippen LogP contribution in [0.1, 0.15) is 13.8 Å². The zero-order valence-corrected chi connectivity index (χ0v) is 12.8. The molecule has 9 heteroatoms. The van der Waals surface area contributed by atoms with Crippen molar-refractivity contribution >= 4 is 31.6 Å². The Bertz CT molecular complexity index is 595. The largest absolute Gasteiger partial charge is 0.324 e. The highest BCUT2D eigenvalue weighted by Crippen LogP contribution is 2.27. The molecule has 0 spiro atoms. The Labute approximate surface area is 119 Å². The van der Waals surface area contributed by atoms with E-state index in [1.165, 1.54) is 12.1 Å². The second kappa shape index (κ2) is 5.53. The number of hydrogen-bond donors (Lipinski definition) is 2. The molecule has 0 unspecified atom stereocenters. The first-order valence-corrected chi connectivity index (χ1v) is 7.53. The summed E-state index contributed by atoms with van der Waals surface area (Å²) in [5.41, 5.74) is 4.43. The molecule has 1 aromatic rings. The summed E-state index contributed by atoms with van der Waals surface area (Å²) in [6, 6.07) is 3.74. The van der Waals surface area contributed by atoms with Gasteiger partial charge < -0.3 is 5.73 Å².